The van der Waals surface area contributed by atoms with Crippen molar-refractivity contribution in [2.24, 2.45) is 0 Å². The Kier molecular flexibility index (Phi) is 2.68. The molecule has 1 aliphatic rings. The van der Waals surface area contributed by atoms with Crippen LogP contribution in [0.3, 0.4) is 0 Å². The van der Waals surface area contributed by atoms with Gasteiger partial charge in [0.05, 0.1) is 10.7 Å². The summed E-state index contributed by atoms with van der Waals surface area (Å²) < 4.78 is 0. The number of hydrogen-bond acceptors (Lipinski definition) is 2. The largest absolute Gasteiger partial charge is 0.399 e. The number of hydrogen-bond donors (Lipinski definition) is 3. The number of halogens is 1. The van der Waals surface area contributed by atoms with Crippen LogP contribution in [-0.2, 0) is 0 Å². The van der Waals surface area contributed by atoms with Crippen molar-refractivity contribution in [2.45, 2.75) is 18.9 Å². The average Bonchev–Trinajstić information content (AvgIpc) is 2.95. The molecule has 0 atom stereocenters. The summed E-state index contributed by atoms with van der Waals surface area (Å²) in [5, 5.41) is 5.94. The standard InChI is InChI=1S/C10H12ClN3O/c11-8-4-1-6(12)5-9(8)14-10(15)13-7-2-3-7/h1,4-5,7H,2-3,12H2,(H2,13,14,15). The van der Waals surface area contributed by atoms with Crippen molar-refractivity contribution < 1.29 is 4.79 Å². The number of benzene rings is 1. The Morgan fingerprint density at radius 2 is 2.20 bits per heavy atom. The second-order valence-corrected chi connectivity index (χ2v) is 4.02. The molecule has 0 radical (unpaired) electrons. The number of anilines is 2. The molecule has 1 fully saturated rings. The van der Waals surface area contributed by atoms with E-state index in [1.165, 1.54) is 0 Å². The van der Waals surface area contributed by atoms with E-state index in [2.05, 4.69) is 10.6 Å². The number of nitrogen functional groups attached to an aromatic ring is 1. The lowest BCUT2D eigenvalue weighted by Crippen LogP contribution is -2.30. The molecule has 0 spiro atoms. The SMILES string of the molecule is Nc1ccc(Cl)c(NC(=O)NC2CC2)c1. The molecule has 1 saturated carbocycles. The summed E-state index contributed by atoms with van der Waals surface area (Å²) in [6.07, 6.45) is 2.11. The number of carbonyl (C=O) groups excluding carboxylic acids is 1. The van der Waals surface area contributed by atoms with Crippen LogP contribution in [0.25, 0.3) is 0 Å². The maximum atomic E-state index is 11.4. The van der Waals surface area contributed by atoms with E-state index in [0.29, 0.717) is 22.4 Å². The van der Waals surface area contributed by atoms with Crippen LogP contribution in [0.15, 0.2) is 18.2 Å². The van der Waals surface area contributed by atoms with Gasteiger partial charge >= 0.3 is 6.03 Å². The molecule has 2 amide bonds. The molecule has 1 aromatic carbocycles. The third kappa shape index (κ3) is 2.76. The van der Waals surface area contributed by atoms with Crippen molar-refractivity contribution in [3.8, 4) is 0 Å². The van der Waals surface area contributed by atoms with Gasteiger partial charge in [-0.2, -0.15) is 0 Å². The minimum absolute atomic E-state index is 0.231. The van der Waals surface area contributed by atoms with Gasteiger partial charge in [0.1, 0.15) is 0 Å². The summed E-state index contributed by atoms with van der Waals surface area (Å²) in [5.74, 6) is 0. The van der Waals surface area contributed by atoms with Crippen molar-refractivity contribution in [3.05, 3.63) is 23.2 Å². The van der Waals surface area contributed by atoms with Crippen LogP contribution in [0.5, 0.6) is 0 Å². The van der Waals surface area contributed by atoms with Crippen LogP contribution in [0, 0.1) is 0 Å². The molecule has 0 bridgehead atoms. The summed E-state index contributed by atoms with van der Waals surface area (Å²) in [4.78, 5) is 11.4. The summed E-state index contributed by atoms with van der Waals surface area (Å²) >= 11 is 5.89. The number of carbonyl (C=O) groups is 1. The van der Waals surface area contributed by atoms with Crippen molar-refractivity contribution in [3.63, 3.8) is 0 Å². The molecule has 0 aromatic heterocycles. The molecule has 4 N–H and O–H groups in total. The van der Waals surface area contributed by atoms with Crippen LogP contribution in [0.1, 0.15) is 12.8 Å². The third-order valence-electron chi connectivity index (χ3n) is 2.15. The Labute approximate surface area is 92.8 Å². The molecule has 15 heavy (non-hydrogen) atoms. The number of amides is 2. The lowest BCUT2D eigenvalue weighted by atomic mass is 10.3. The summed E-state index contributed by atoms with van der Waals surface area (Å²) in [6.45, 7) is 0. The van der Waals surface area contributed by atoms with E-state index in [0.717, 1.165) is 12.8 Å². The minimum Gasteiger partial charge on any atom is -0.399 e. The Bertz CT molecular complexity index is 390. The number of nitrogens with two attached hydrogens (primary N) is 1. The molecular formula is C10H12ClN3O. The van der Waals surface area contributed by atoms with Crippen LogP contribution in [0.4, 0.5) is 16.2 Å². The normalized spacial score (nSPS) is 14.7. The molecule has 5 heteroatoms. The van der Waals surface area contributed by atoms with Gasteiger partial charge < -0.3 is 16.4 Å². The highest BCUT2D eigenvalue weighted by Crippen LogP contribution is 2.24. The molecule has 1 aromatic rings. The van der Waals surface area contributed by atoms with Gasteiger partial charge in [-0.1, -0.05) is 11.6 Å². The smallest absolute Gasteiger partial charge is 0.319 e. The van der Waals surface area contributed by atoms with E-state index in [4.69, 9.17) is 17.3 Å². The van der Waals surface area contributed by atoms with E-state index in [9.17, 15) is 4.79 Å². The summed E-state index contributed by atoms with van der Waals surface area (Å²) in [7, 11) is 0. The number of nitrogens with one attached hydrogen (secondary N) is 2. The number of urea groups is 1. The fourth-order valence-electron chi connectivity index (χ4n) is 1.21. The zero-order valence-corrected chi connectivity index (χ0v) is 8.84. The monoisotopic (exact) mass is 225 g/mol. The highest BCUT2D eigenvalue weighted by Gasteiger charge is 2.23. The molecule has 2 rings (SSSR count). The van der Waals surface area contributed by atoms with Gasteiger partial charge in [0.2, 0.25) is 0 Å². The molecule has 0 heterocycles. The highest BCUT2D eigenvalue weighted by molar-refractivity contribution is 6.33. The topological polar surface area (TPSA) is 67.1 Å². The van der Waals surface area contributed by atoms with Crippen molar-refractivity contribution in [1.29, 1.82) is 0 Å². The second kappa shape index (κ2) is 3.98. The van der Waals surface area contributed by atoms with E-state index in [1.54, 1.807) is 18.2 Å². The predicted molar refractivity (Wildman–Crippen MR) is 61.0 cm³/mol. The fourth-order valence-corrected chi connectivity index (χ4v) is 1.37. The zero-order chi connectivity index (χ0) is 10.8. The minimum atomic E-state index is -0.231. The first-order valence-corrected chi connectivity index (χ1v) is 5.15. The quantitative estimate of drug-likeness (QED) is 0.676. The van der Waals surface area contributed by atoms with Gasteiger partial charge in [-0.3, -0.25) is 0 Å². The number of rotatable bonds is 2. The van der Waals surface area contributed by atoms with E-state index < -0.39 is 0 Å². The van der Waals surface area contributed by atoms with Crippen molar-refractivity contribution in [2.75, 3.05) is 11.1 Å². The Morgan fingerprint density at radius 3 is 2.87 bits per heavy atom. The van der Waals surface area contributed by atoms with E-state index in [-0.39, 0.29) is 6.03 Å². The summed E-state index contributed by atoms with van der Waals surface area (Å²) in [6, 6.07) is 5.07. The molecular weight excluding hydrogens is 214 g/mol. The average molecular weight is 226 g/mol. The van der Waals surface area contributed by atoms with E-state index in [1.807, 2.05) is 0 Å². The Balaban J connectivity index is 2.01. The summed E-state index contributed by atoms with van der Waals surface area (Å²) in [5.41, 5.74) is 6.69. The van der Waals surface area contributed by atoms with Gasteiger partial charge in [0, 0.05) is 11.7 Å². The molecule has 1 aliphatic carbocycles. The lowest BCUT2D eigenvalue weighted by molar-refractivity contribution is 0.251. The van der Waals surface area contributed by atoms with Crippen LogP contribution < -0.4 is 16.4 Å². The Morgan fingerprint density at radius 1 is 1.47 bits per heavy atom. The van der Waals surface area contributed by atoms with Crippen LogP contribution in [-0.4, -0.2) is 12.1 Å². The first-order valence-electron chi connectivity index (χ1n) is 4.77. The van der Waals surface area contributed by atoms with Crippen LogP contribution >= 0.6 is 11.6 Å². The Hall–Kier alpha value is -1.42. The van der Waals surface area contributed by atoms with Crippen LogP contribution in [0.2, 0.25) is 5.02 Å². The second-order valence-electron chi connectivity index (χ2n) is 3.61. The first kappa shape index (κ1) is 10.1. The first-order chi connectivity index (χ1) is 7.15. The van der Waals surface area contributed by atoms with Gasteiger partial charge in [-0.05, 0) is 31.0 Å². The lowest BCUT2D eigenvalue weighted by Gasteiger charge is -2.08. The van der Waals surface area contributed by atoms with Crippen molar-refractivity contribution in [1.82, 2.24) is 5.32 Å². The van der Waals surface area contributed by atoms with Gasteiger partial charge in [0.25, 0.3) is 0 Å². The fraction of sp³-hybridized carbons (Fsp3) is 0.300. The molecule has 0 aliphatic heterocycles. The maximum absolute atomic E-state index is 11.4. The van der Waals surface area contributed by atoms with Gasteiger partial charge in [0.15, 0.2) is 0 Å². The predicted octanol–water partition coefficient (Wildman–Crippen LogP) is 2.21. The molecule has 80 valence electrons. The maximum Gasteiger partial charge on any atom is 0.319 e. The van der Waals surface area contributed by atoms with Crippen molar-refractivity contribution >= 4 is 29.0 Å². The zero-order valence-electron chi connectivity index (χ0n) is 8.09. The highest BCUT2D eigenvalue weighted by atomic mass is 35.5. The van der Waals surface area contributed by atoms with E-state index >= 15 is 0 Å². The molecule has 4 nitrogen and oxygen atoms in total. The molecule has 0 unspecified atom stereocenters. The third-order valence-corrected chi connectivity index (χ3v) is 2.48. The molecule has 0 saturated heterocycles. The van der Waals surface area contributed by atoms with Gasteiger partial charge in [-0.15, -0.1) is 0 Å². The van der Waals surface area contributed by atoms with Gasteiger partial charge in [-0.25, -0.2) is 4.79 Å².